The number of nitrogens with zero attached hydrogens (tertiary/aromatic N) is 2. The second-order valence-corrected chi connectivity index (χ2v) is 6.57. The number of rotatable bonds is 4. The van der Waals surface area contributed by atoms with E-state index in [1.807, 2.05) is 24.6 Å². The van der Waals surface area contributed by atoms with Crippen molar-refractivity contribution in [2.75, 3.05) is 11.9 Å². The summed E-state index contributed by atoms with van der Waals surface area (Å²) < 4.78 is 7.67. The van der Waals surface area contributed by atoms with Crippen LogP contribution in [0.3, 0.4) is 0 Å². The van der Waals surface area contributed by atoms with Crippen LogP contribution in [0.5, 0.6) is 5.75 Å². The van der Waals surface area contributed by atoms with Crippen LogP contribution < -0.4 is 5.32 Å². The van der Waals surface area contributed by atoms with Gasteiger partial charge >= 0.3 is 0 Å². The maximum absolute atomic E-state index is 12.7. The summed E-state index contributed by atoms with van der Waals surface area (Å²) >= 11 is 5.82. The van der Waals surface area contributed by atoms with Crippen molar-refractivity contribution in [1.82, 2.24) is 9.78 Å². The fourth-order valence-electron chi connectivity index (χ4n) is 2.97. The third-order valence-corrected chi connectivity index (χ3v) is 4.36. The predicted octanol–water partition coefficient (Wildman–Crippen LogP) is 3.54. The van der Waals surface area contributed by atoms with Crippen LogP contribution >= 0.6 is 11.6 Å². The van der Waals surface area contributed by atoms with Crippen LogP contribution in [-0.4, -0.2) is 27.4 Å². The molecule has 0 radical (unpaired) electrons. The Hall–Kier alpha value is -2.05. The molecule has 3 rings (SSSR count). The van der Waals surface area contributed by atoms with Gasteiger partial charge in [0.2, 0.25) is 5.91 Å². The van der Waals surface area contributed by atoms with Crippen molar-refractivity contribution in [2.24, 2.45) is 5.92 Å². The Morgan fingerprint density at radius 1 is 1.46 bits per heavy atom. The lowest BCUT2D eigenvalue weighted by molar-refractivity contribution is -0.121. The summed E-state index contributed by atoms with van der Waals surface area (Å²) in [6.07, 6.45) is 2.00. The molecule has 0 aliphatic carbocycles. The summed E-state index contributed by atoms with van der Waals surface area (Å²) in [4.78, 5) is 12.7. The highest BCUT2D eigenvalue weighted by Gasteiger charge is 2.37. The van der Waals surface area contributed by atoms with Gasteiger partial charge in [-0.1, -0.05) is 11.6 Å². The molecule has 0 bridgehead atoms. The Balaban J connectivity index is 1.80. The number of halogens is 1. The molecule has 1 aliphatic rings. The number of ether oxygens (including phenoxy) is 1. The van der Waals surface area contributed by atoms with Crippen molar-refractivity contribution in [3.8, 4) is 5.75 Å². The standard InChI is InChI=1S/C17H20ClN3O3/c1-10(2)21-14(5-7-19-21)16-12(6-8-24-16)17(23)20-13-4-3-11(18)9-15(13)22/h3-5,7,9-10,12,16,22H,6,8H2,1-2H3,(H,20,23)/t12-,16-/m0/s1. The van der Waals surface area contributed by atoms with E-state index in [9.17, 15) is 9.90 Å². The van der Waals surface area contributed by atoms with Gasteiger partial charge in [-0.3, -0.25) is 9.48 Å². The average molecular weight is 350 g/mol. The quantitative estimate of drug-likeness (QED) is 0.828. The van der Waals surface area contributed by atoms with Crippen LogP contribution in [0.25, 0.3) is 0 Å². The average Bonchev–Trinajstić information content (AvgIpc) is 3.17. The number of carbonyl (C=O) groups excluding carboxylic acids is 1. The number of hydrogen-bond donors (Lipinski definition) is 2. The molecule has 2 atom stereocenters. The third kappa shape index (κ3) is 3.25. The minimum absolute atomic E-state index is 0.0569. The Morgan fingerprint density at radius 2 is 2.25 bits per heavy atom. The summed E-state index contributed by atoms with van der Waals surface area (Å²) in [5.74, 6) is -0.584. The number of aromatic nitrogens is 2. The molecule has 7 heteroatoms. The summed E-state index contributed by atoms with van der Waals surface area (Å²) in [6.45, 7) is 4.58. The topological polar surface area (TPSA) is 76.4 Å². The number of benzene rings is 1. The van der Waals surface area contributed by atoms with E-state index in [4.69, 9.17) is 16.3 Å². The van der Waals surface area contributed by atoms with Crippen molar-refractivity contribution < 1.29 is 14.6 Å². The van der Waals surface area contributed by atoms with Crippen LogP contribution in [0.15, 0.2) is 30.5 Å². The van der Waals surface area contributed by atoms with Crippen molar-refractivity contribution in [2.45, 2.75) is 32.4 Å². The molecule has 0 unspecified atom stereocenters. The van der Waals surface area contributed by atoms with Gasteiger partial charge in [0, 0.05) is 29.9 Å². The van der Waals surface area contributed by atoms with Crippen LogP contribution in [0.1, 0.15) is 38.1 Å². The van der Waals surface area contributed by atoms with Gasteiger partial charge in [-0.25, -0.2) is 0 Å². The van der Waals surface area contributed by atoms with Crippen molar-refractivity contribution in [3.05, 3.63) is 41.2 Å². The van der Waals surface area contributed by atoms with Crippen molar-refractivity contribution in [1.29, 1.82) is 0 Å². The number of amides is 1. The van der Waals surface area contributed by atoms with E-state index in [2.05, 4.69) is 10.4 Å². The first-order valence-electron chi connectivity index (χ1n) is 7.91. The van der Waals surface area contributed by atoms with E-state index in [-0.39, 0.29) is 29.7 Å². The fourth-order valence-corrected chi connectivity index (χ4v) is 3.13. The molecule has 1 saturated heterocycles. The van der Waals surface area contributed by atoms with E-state index in [1.165, 1.54) is 6.07 Å². The van der Waals surface area contributed by atoms with Gasteiger partial charge in [-0.05, 0) is 38.5 Å². The Morgan fingerprint density at radius 3 is 2.96 bits per heavy atom. The molecular weight excluding hydrogens is 330 g/mol. The second kappa shape index (κ2) is 6.83. The summed E-state index contributed by atoms with van der Waals surface area (Å²) in [6, 6.07) is 6.67. The number of phenols is 1. The second-order valence-electron chi connectivity index (χ2n) is 6.13. The highest BCUT2D eigenvalue weighted by Crippen LogP contribution is 2.37. The molecule has 1 aromatic carbocycles. The summed E-state index contributed by atoms with van der Waals surface area (Å²) in [7, 11) is 0. The number of anilines is 1. The molecule has 24 heavy (non-hydrogen) atoms. The number of carbonyl (C=O) groups is 1. The number of aromatic hydroxyl groups is 1. The predicted molar refractivity (Wildman–Crippen MR) is 91.2 cm³/mol. The van der Waals surface area contributed by atoms with E-state index in [1.54, 1.807) is 18.3 Å². The molecule has 1 aliphatic heterocycles. The van der Waals surface area contributed by atoms with E-state index >= 15 is 0 Å². The molecule has 2 N–H and O–H groups in total. The normalized spacial score (nSPS) is 20.5. The molecule has 6 nitrogen and oxygen atoms in total. The highest BCUT2D eigenvalue weighted by molar-refractivity contribution is 6.30. The lowest BCUT2D eigenvalue weighted by Crippen LogP contribution is -2.27. The zero-order valence-electron chi connectivity index (χ0n) is 13.6. The van der Waals surface area contributed by atoms with Gasteiger partial charge in [0.1, 0.15) is 11.9 Å². The monoisotopic (exact) mass is 349 g/mol. The molecule has 128 valence electrons. The van der Waals surface area contributed by atoms with Crippen LogP contribution in [0, 0.1) is 5.92 Å². The minimum atomic E-state index is -0.343. The van der Waals surface area contributed by atoms with Gasteiger partial charge in [-0.15, -0.1) is 0 Å². The molecule has 2 aromatic rings. The SMILES string of the molecule is CC(C)n1nccc1[C@H]1OCC[C@@H]1C(=O)Nc1ccc(Cl)cc1O. The van der Waals surface area contributed by atoms with Crippen molar-refractivity contribution in [3.63, 3.8) is 0 Å². The number of hydrogen-bond acceptors (Lipinski definition) is 4. The van der Waals surface area contributed by atoms with Crippen LogP contribution in [-0.2, 0) is 9.53 Å². The zero-order chi connectivity index (χ0) is 17.3. The summed E-state index contributed by atoms with van der Waals surface area (Å²) in [5.41, 5.74) is 1.23. The number of nitrogens with one attached hydrogen (secondary N) is 1. The van der Waals surface area contributed by atoms with Gasteiger partial charge in [0.25, 0.3) is 0 Å². The first-order chi connectivity index (χ1) is 11.5. The lowest BCUT2D eigenvalue weighted by atomic mass is 9.97. The first-order valence-corrected chi connectivity index (χ1v) is 8.29. The Bertz CT molecular complexity index is 744. The zero-order valence-corrected chi connectivity index (χ0v) is 14.3. The smallest absolute Gasteiger partial charge is 0.230 e. The van der Waals surface area contributed by atoms with E-state index in [0.717, 1.165) is 5.69 Å². The third-order valence-electron chi connectivity index (χ3n) is 4.13. The summed E-state index contributed by atoms with van der Waals surface area (Å²) in [5, 5.41) is 17.4. The van der Waals surface area contributed by atoms with E-state index < -0.39 is 0 Å². The highest BCUT2D eigenvalue weighted by atomic mass is 35.5. The molecule has 0 saturated carbocycles. The molecule has 1 amide bonds. The Labute approximate surface area is 145 Å². The molecule has 2 heterocycles. The molecule has 1 aromatic heterocycles. The van der Waals surface area contributed by atoms with Gasteiger partial charge < -0.3 is 15.2 Å². The molecule has 1 fully saturated rings. The van der Waals surface area contributed by atoms with Crippen LogP contribution in [0.2, 0.25) is 5.02 Å². The Kier molecular flexibility index (Phi) is 4.78. The van der Waals surface area contributed by atoms with E-state index in [0.29, 0.717) is 23.7 Å². The van der Waals surface area contributed by atoms with Gasteiger partial charge in [-0.2, -0.15) is 5.10 Å². The first kappa shape index (κ1) is 16.8. The fraction of sp³-hybridized carbons (Fsp3) is 0.412. The molecular formula is C17H20ClN3O3. The van der Waals surface area contributed by atoms with Gasteiger partial charge in [0.15, 0.2) is 0 Å². The minimum Gasteiger partial charge on any atom is -0.506 e. The number of phenolic OH excluding ortho intramolecular Hbond substituents is 1. The van der Waals surface area contributed by atoms with Crippen LogP contribution in [0.4, 0.5) is 5.69 Å². The largest absolute Gasteiger partial charge is 0.506 e. The molecule has 0 spiro atoms. The maximum atomic E-state index is 12.7. The van der Waals surface area contributed by atoms with Gasteiger partial charge in [0.05, 0.1) is 17.3 Å². The lowest BCUT2D eigenvalue weighted by Gasteiger charge is -2.21. The maximum Gasteiger partial charge on any atom is 0.230 e. The van der Waals surface area contributed by atoms with Crippen molar-refractivity contribution >= 4 is 23.2 Å².